The van der Waals surface area contributed by atoms with Gasteiger partial charge in [0.05, 0.1) is 5.60 Å². The van der Waals surface area contributed by atoms with E-state index in [1.165, 1.54) is 5.57 Å². The van der Waals surface area contributed by atoms with E-state index >= 15 is 0 Å². The Morgan fingerprint density at radius 3 is 2.24 bits per heavy atom. The maximum absolute atomic E-state index is 14.0. The molecule has 3 aliphatic rings. The van der Waals surface area contributed by atoms with Gasteiger partial charge in [-0.05, 0) is 92.7 Å². The zero-order valence-electron chi connectivity index (χ0n) is 32.3. The number of esters is 2. The molecule has 7 nitrogen and oxygen atoms in total. The second-order valence-electron chi connectivity index (χ2n) is 17.3. The number of hydrogen-bond acceptors (Lipinski definition) is 7. The lowest BCUT2D eigenvalue weighted by Gasteiger charge is -2.54. The van der Waals surface area contributed by atoms with Crippen LogP contribution in [-0.4, -0.2) is 60.0 Å². The van der Waals surface area contributed by atoms with E-state index in [0.29, 0.717) is 31.4 Å². The summed E-state index contributed by atoms with van der Waals surface area (Å²) in [5.41, 5.74) is 0.441. The number of benzene rings is 1. The van der Waals surface area contributed by atoms with Gasteiger partial charge in [0.15, 0.2) is 24.2 Å². The first-order chi connectivity index (χ1) is 22.9. The number of carbonyl (C=O) groups excluding carboxylic acids is 2. The smallest absolute Gasteiger partial charge is 0.347 e. The lowest BCUT2D eigenvalue weighted by Crippen LogP contribution is -2.58. The van der Waals surface area contributed by atoms with Gasteiger partial charge in [-0.3, -0.25) is 0 Å². The average molecular weight is 713 g/mol. The molecule has 4 rings (SSSR count). The Hall–Kier alpha value is -2.21. The maximum atomic E-state index is 14.0. The van der Waals surface area contributed by atoms with E-state index in [-0.39, 0.29) is 52.5 Å². The molecule has 1 aliphatic heterocycles. The van der Waals surface area contributed by atoms with Crippen molar-refractivity contribution in [1.82, 2.24) is 0 Å². The first kappa shape index (κ1) is 39.6. The van der Waals surface area contributed by atoms with E-state index < -0.39 is 42.0 Å². The lowest BCUT2D eigenvalue weighted by atomic mass is 9.59. The van der Waals surface area contributed by atoms with Gasteiger partial charge in [0.25, 0.3) is 0 Å². The van der Waals surface area contributed by atoms with Gasteiger partial charge in [0, 0.05) is 17.8 Å². The van der Waals surface area contributed by atoms with Gasteiger partial charge >= 0.3 is 11.9 Å². The highest BCUT2D eigenvalue weighted by molar-refractivity contribution is 6.49. The molecule has 0 N–H and O–H groups in total. The third-order valence-electron chi connectivity index (χ3n) is 10.8. The second-order valence-corrected chi connectivity index (χ2v) is 22.0. The molecule has 1 fully saturated rings. The van der Waals surface area contributed by atoms with Crippen molar-refractivity contribution in [3.8, 4) is 5.75 Å². The van der Waals surface area contributed by atoms with Crippen molar-refractivity contribution in [2.75, 3.05) is 0 Å². The van der Waals surface area contributed by atoms with Gasteiger partial charge < -0.3 is 23.1 Å². The third-order valence-corrected chi connectivity index (χ3v) is 12.5. The molecule has 2 unspecified atom stereocenters. The summed E-state index contributed by atoms with van der Waals surface area (Å²) in [4.78, 5) is 27.5. The molecule has 2 aliphatic carbocycles. The standard InChI is InChI=1S/C40H64O7Si2/c1-13-32(43-29-17-15-14-16-18-29)36(41)45-33-24-28(38(3,4)5)23-27-20-19-26(2)40(34(27)33,47-49(11)12)22-21-30-25-31(39(6,7)8)35(37(42)44-30)46-48(9)10/h14-20,23,26,28,30-35,48-49H,13,21-22,24-25H2,1-12H3/t26-,28+,30+,31-,32?,33-,34+,35?,40-/m0/s1. The molecule has 1 heterocycles. The van der Waals surface area contributed by atoms with Gasteiger partial charge in [-0.1, -0.05) is 91.8 Å². The molecule has 274 valence electrons. The quantitative estimate of drug-likeness (QED) is 0.159. The van der Waals surface area contributed by atoms with Gasteiger partial charge in [-0.25, -0.2) is 9.59 Å². The molecular formula is C40H64O7Si2. The van der Waals surface area contributed by atoms with Crippen LogP contribution in [0.25, 0.3) is 0 Å². The molecule has 0 bridgehead atoms. The zero-order valence-corrected chi connectivity index (χ0v) is 34.6. The highest BCUT2D eigenvalue weighted by Crippen LogP contribution is 2.53. The van der Waals surface area contributed by atoms with Crippen molar-refractivity contribution in [2.24, 2.45) is 34.5 Å². The number of carbonyl (C=O) groups is 2. The minimum atomic E-state index is -1.60. The lowest BCUT2D eigenvalue weighted by molar-refractivity contribution is -0.180. The van der Waals surface area contributed by atoms with Crippen molar-refractivity contribution in [3.63, 3.8) is 0 Å². The summed E-state index contributed by atoms with van der Waals surface area (Å²) in [7, 11) is -3.06. The zero-order chi connectivity index (χ0) is 36.3. The predicted molar refractivity (Wildman–Crippen MR) is 202 cm³/mol. The molecule has 0 saturated carbocycles. The van der Waals surface area contributed by atoms with Crippen LogP contribution in [0.15, 0.2) is 54.1 Å². The van der Waals surface area contributed by atoms with Gasteiger partial charge in [-0.2, -0.15) is 0 Å². The van der Waals surface area contributed by atoms with E-state index in [9.17, 15) is 9.59 Å². The van der Waals surface area contributed by atoms with E-state index in [4.69, 9.17) is 23.1 Å². The molecule has 1 aromatic carbocycles. The number of rotatable bonds is 12. The third kappa shape index (κ3) is 9.57. The summed E-state index contributed by atoms with van der Waals surface area (Å²) in [6, 6.07) is 9.48. The summed E-state index contributed by atoms with van der Waals surface area (Å²) in [5, 5.41) is 0. The summed E-state index contributed by atoms with van der Waals surface area (Å²) in [6.07, 6.45) is 8.40. The Labute approximate surface area is 300 Å². The summed E-state index contributed by atoms with van der Waals surface area (Å²) < 4.78 is 32.4. The molecular weight excluding hydrogens is 649 g/mol. The minimum absolute atomic E-state index is 0.0176. The Balaban J connectivity index is 1.69. The molecule has 1 saturated heterocycles. The Morgan fingerprint density at radius 1 is 1.00 bits per heavy atom. The van der Waals surface area contributed by atoms with Crippen LogP contribution >= 0.6 is 0 Å². The number of para-hydroxylation sites is 1. The molecule has 0 aromatic heterocycles. The molecule has 9 atom stereocenters. The van der Waals surface area contributed by atoms with Crippen LogP contribution in [0.5, 0.6) is 5.75 Å². The number of allylic oxidation sites excluding steroid dienone is 2. The first-order valence-electron chi connectivity index (χ1n) is 18.7. The fourth-order valence-electron chi connectivity index (χ4n) is 8.10. The van der Waals surface area contributed by atoms with Crippen molar-refractivity contribution < 1.29 is 32.7 Å². The van der Waals surface area contributed by atoms with Gasteiger partial charge in [-0.15, -0.1) is 0 Å². The van der Waals surface area contributed by atoms with Crippen molar-refractivity contribution in [3.05, 3.63) is 54.1 Å². The molecule has 0 radical (unpaired) electrons. The monoisotopic (exact) mass is 712 g/mol. The summed E-state index contributed by atoms with van der Waals surface area (Å²) >= 11 is 0. The molecule has 0 amide bonds. The SMILES string of the molecule is CCC(Oc1ccccc1)C(=O)O[C@H]1C[C@H](C(C)(C)C)C=C2C=C[C@H](C)[C@](CC[C@@H]3C[C@H](C(C)(C)C)C(O[SiH](C)C)C(=O)O3)(O[SiH](C)C)[C@H]21. The van der Waals surface area contributed by atoms with E-state index in [2.05, 4.69) is 92.9 Å². The highest BCUT2D eigenvalue weighted by Gasteiger charge is 2.55. The maximum Gasteiger partial charge on any atom is 0.347 e. The van der Waals surface area contributed by atoms with Crippen LogP contribution < -0.4 is 4.74 Å². The van der Waals surface area contributed by atoms with Crippen molar-refractivity contribution in [2.45, 2.75) is 144 Å². The van der Waals surface area contributed by atoms with Crippen LogP contribution in [0, 0.1) is 34.5 Å². The normalized spacial score (nSPS) is 31.2. The molecule has 1 aromatic rings. The summed E-state index contributed by atoms with van der Waals surface area (Å²) in [5.74, 6) is 0.281. The predicted octanol–water partition coefficient (Wildman–Crippen LogP) is 8.44. The van der Waals surface area contributed by atoms with Crippen LogP contribution in [0.1, 0.15) is 87.5 Å². The Morgan fingerprint density at radius 2 is 1.67 bits per heavy atom. The molecule has 9 heteroatoms. The second kappa shape index (κ2) is 16.0. The fourth-order valence-corrected chi connectivity index (χ4v) is 10.3. The molecule has 49 heavy (non-hydrogen) atoms. The minimum Gasteiger partial charge on any atom is -0.479 e. The molecule has 0 spiro atoms. The Bertz CT molecular complexity index is 1330. The van der Waals surface area contributed by atoms with Crippen LogP contribution in [0.3, 0.4) is 0 Å². The van der Waals surface area contributed by atoms with Crippen LogP contribution in [0.4, 0.5) is 0 Å². The van der Waals surface area contributed by atoms with E-state index in [1.807, 2.05) is 37.3 Å². The number of hydrogen-bond donors (Lipinski definition) is 0. The van der Waals surface area contributed by atoms with Gasteiger partial charge in [0.2, 0.25) is 0 Å². The number of fused-ring (bicyclic) bond motifs is 1. The van der Waals surface area contributed by atoms with E-state index in [0.717, 1.165) is 6.42 Å². The average Bonchev–Trinajstić information content (AvgIpc) is 3.00. The number of ether oxygens (including phenoxy) is 3. The van der Waals surface area contributed by atoms with Gasteiger partial charge in [0.1, 0.15) is 24.1 Å². The Kier molecular flexibility index (Phi) is 12.9. The highest BCUT2D eigenvalue weighted by atomic mass is 28.3. The van der Waals surface area contributed by atoms with Crippen LogP contribution in [-0.2, 0) is 27.9 Å². The topological polar surface area (TPSA) is 80.3 Å². The number of cyclic esters (lactones) is 1. The van der Waals surface area contributed by atoms with Crippen molar-refractivity contribution in [1.29, 1.82) is 0 Å². The van der Waals surface area contributed by atoms with Crippen molar-refractivity contribution >= 4 is 30.0 Å². The fraction of sp³-hybridized carbons (Fsp3) is 0.700. The largest absolute Gasteiger partial charge is 0.479 e. The summed E-state index contributed by atoms with van der Waals surface area (Å²) in [6.45, 7) is 26.2. The van der Waals surface area contributed by atoms with Crippen LogP contribution in [0.2, 0.25) is 26.2 Å². The van der Waals surface area contributed by atoms with E-state index in [1.54, 1.807) is 0 Å². The first-order valence-corrected chi connectivity index (χ1v) is 24.3.